The topological polar surface area (TPSA) is 61.4 Å². The molecule has 0 N–H and O–H groups in total. The molecule has 0 aliphatic rings. The van der Waals surface area contributed by atoms with Gasteiger partial charge in [0.05, 0.1) is 5.69 Å². The van der Waals surface area contributed by atoms with Gasteiger partial charge < -0.3 is 0 Å². The molecule has 1 aromatic carbocycles. The molecule has 0 radical (unpaired) electrons. The number of rotatable bonds is 3. The first-order valence-corrected chi connectivity index (χ1v) is 6.81. The van der Waals surface area contributed by atoms with Gasteiger partial charge in [-0.1, -0.05) is 6.07 Å². The van der Waals surface area contributed by atoms with Crippen LogP contribution < -0.4 is 0 Å². The van der Waals surface area contributed by atoms with Gasteiger partial charge in [-0.2, -0.15) is 0 Å². The highest BCUT2D eigenvalue weighted by Gasteiger charge is 2.08. The number of nitrogens with zero attached hydrogens (tertiary/aromatic N) is 6. The van der Waals surface area contributed by atoms with Crippen molar-refractivity contribution in [2.75, 3.05) is 0 Å². The minimum absolute atomic E-state index is 0.856. The van der Waals surface area contributed by atoms with Crippen LogP contribution in [-0.2, 0) is 0 Å². The Morgan fingerprint density at radius 3 is 2.55 bits per heavy atom. The van der Waals surface area contributed by atoms with E-state index >= 15 is 0 Å². The van der Waals surface area contributed by atoms with Gasteiger partial charge >= 0.3 is 0 Å². The Balaban J connectivity index is 1.81. The van der Waals surface area contributed by atoms with Crippen molar-refractivity contribution in [3.63, 3.8) is 0 Å². The minimum Gasteiger partial charge on any atom is -0.300 e. The number of pyridine rings is 1. The lowest BCUT2D eigenvalue weighted by Gasteiger charge is -2.09. The lowest BCUT2D eigenvalue weighted by molar-refractivity contribution is 1.02. The van der Waals surface area contributed by atoms with Crippen LogP contribution >= 0.6 is 0 Å². The van der Waals surface area contributed by atoms with Crippen LogP contribution in [0.2, 0.25) is 0 Å². The van der Waals surface area contributed by atoms with E-state index in [2.05, 4.69) is 26.2 Å². The Morgan fingerprint density at radius 1 is 0.864 bits per heavy atom. The van der Waals surface area contributed by atoms with Crippen molar-refractivity contribution in [3.05, 3.63) is 73.8 Å². The van der Waals surface area contributed by atoms with Crippen molar-refractivity contribution in [2.45, 2.75) is 0 Å². The molecule has 0 saturated heterocycles. The van der Waals surface area contributed by atoms with Gasteiger partial charge in [-0.05, 0) is 30.3 Å². The highest BCUT2D eigenvalue weighted by atomic mass is 15.2. The van der Waals surface area contributed by atoms with Crippen LogP contribution in [0.5, 0.6) is 0 Å². The Labute approximate surface area is 126 Å². The molecule has 0 atom stereocenters. The van der Waals surface area contributed by atoms with Crippen molar-refractivity contribution in [1.29, 1.82) is 0 Å². The van der Waals surface area contributed by atoms with E-state index in [-0.39, 0.29) is 0 Å². The van der Waals surface area contributed by atoms with E-state index in [1.165, 1.54) is 0 Å². The molecule has 0 aliphatic carbocycles. The number of benzene rings is 1. The van der Waals surface area contributed by atoms with E-state index in [0.717, 1.165) is 22.8 Å². The van der Waals surface area contributed by atoms with Crippen molar-refractivity contribution < 1.29 is 0 Å². The van der Waals surface area contributed by atoms with Crippen LogP contribution in [0.1, 0.15) is 0 Å². The van der Waals surface area contributed by atoms with E-state index in [1.807, 2.05) is 51.9 Å². The summed E-state index contributed by atoms with van der Waals surface area (Å²) in [5.41, 5.74) is 2.98. The molecule has 22 heavy (non-hydrogen) atoms. The molecule has 3 aromatic heterocycles. The highest BCUT2D eigenvalue weighted by molar-refractivity contribution is 5.58. The second kappa shape index (κ2) is 5.25. The summed E-state index contributed by atoms with van der Waals surface area (Å²) in [4.78, 5) is 8.61. The molecule has 0 aliphatic heterocycles. The van der Waals surface area contributed by atoms with Gasteiger partial charge in [-0.3, -0.25) is 14.1 Å². The maximum Gasteiger partial charge on any atom is 0.146 e. The molecular weight excluding hydrogens is 276 g/mol. The van der Waals surface area contributed by atoms with Gasteiger partial charge in [0.1, 0.15) is 18.5 Å². The van der Waals surface area contributed by atoms with Crippen LogP contribution in [0, 0.1) is 0 Å². The van der Waals surface area contributed by atoms with E-state index in [1.54, 1.807) is 25.0 Å². The SMILES string of the molecule is c1cncc(-c2nccn2-c2cccc(-n3cnnc3)c2)c1. The normalized spacial score (nSPS) is 10.7. The monoisotopic (exact) mass is 288 g/mol. The van der Waals surface area contributed by atoms with E-state index in [9.17, 15) is 0 Å². The average Bonchev–Trinajstić information content (AvgIpc) is 3.27. The average molecular weight is 288 g/mol. The summed E-state index contributed by atoms with van der Waals surface area (Å²) in [6, 6.07) is 12.0. The molecule has 0 bridgehead atoms. The first-order chi connectivity index (χ1) is 10.9. The van der Waals surface area contributed by atoms with Crippen molar-refractivity contribution in [3.8, 4) is 22.8 Å². The van der Waals surface area contributed by atoms with E-state index in [4.69, 9.17) is 0 Å². The number of hydrogen-bond donors (Lipinski definition) is 0. The molecule has 0 unspecified atom stereocenters. The lowest BCUT2D eigenvalue weighted by atomic mass is 10.2. The van der Waals surface area contributed by atoms with Crippen LogP contribution in [0.4, 0.5) is 0 Å². The Kier molecular flexibility index (Phi) is 2.97. The third-order valence-electron chi connectivity index (χ3n) is 3.39. The largest absolute Gasteiger partial charge is 0.300 e. The van der Waals surface area contributed by atoms with E-state index in [0.29, 0.717) is 0 Å². The highest BCUT2D eigenvalue weighted by Crippen LogP contribution is 2.22. The number of aromatic nitrogens is 6. The minimum atomic E-state index is 0.856. The lowest BCUT2D eigenvalue weighted by Crippen LogP contribution is -1.98. The van der Waals surface area contributed by atoms with Gasteiger partial charge in [0.15, 0.2) is 0 Å². The maximum atomic E-state index is 4.45. The van der Waals surface area contributed by atoms with E-state index < -0.39 is 0 Å². The second-order valence-electron chi connectivity index (χ2n) is 4.75. The number of hydrogen-bond acceptors (Lipinski definition) is 4. The van der Waals surface area contributed by atoms with Crippen molar-refractivity contribution in [1.82, 2.24) is 29.3 Å². The summed E-state index contributed by atoms with van der Waals surface area (Å²) >= 11 is 0. The van der Waals surface area contributed by atoms with Crippen LogP contribution in [-0.4, -0.2) is 29.3 Å². The smallest absolute Gasteiger partial charge is 0.146 e. The molecule has 0 amide bonds. The molecule has 106 valence electrons. The fourth-order valence-corrected chi connectivity index (χ4v) is 2.36. The Hall–Kier alpha value is -3.28. The third-order valence-corrected chi connectivity index (χ3v) is 3.39. The quantitative estimate of drug-likeness (QED) is 0.581. The summed E-state index contributed by atoms with van der Waals surface area (Å²) in [6.45, 7) is 0. The summed E-state index contributed by atoms with van der Waals surface area (Å²) in [5, 5.41) is 7.68. The molecule has 0 saturated carbocycles. The second-order valence-corrected chi connectivity index (χ2v) is 4.75. The molecule has 6 heteroatoms. The fourth-order valence-electron chi connectivity index (χ4n) is 2.36. The van der Waals surface area contributed by atoms with Gasteiger partial charge in [0.25, 0.3) is 0 Å². The predicted octanol–water partition coefficient (Wildman–Crippen LogP) is 2.52. The third kappa shape index (κ3) is 2.16. The van der Waals surface area contributed by atoms with Gasteiger partial charge in [0.2, 0.25) is 0 Å². The van der Waals surface area contributed by atoms with Gasteiger partial charge in [0, 0.05) is 36.0 Å². The molecule has 4 rings (SSSR count). The zero-order chi connectivity index (χ0) is 14.8. The Bertz CT molecular complexity index is 880. The fraction of sp³-hybridized carbons (Fsp3) is 0. The first-order valence-electron chi connectivity index (χ1n) is 6.81. The first kappa shape index (κ1) is 12.5. The van der Waals surface area contributed by atoms with Gasteiger partial charge in [-0.15, -0.1) is 10.2 Å². The Morgan fingerprint density at radius 2 is 1.73 bits per heavy atom. The van der Waals surface area contributed by atoms with Crippen LogP contribution in [0.15, 0.2) is 73.8 Å². The summed E-state index contributed by atoms with van der Waals surface area (Å²) in [5.74, 6) is 0.856. The summed E-state index contributed by atoms with van der Waals surface area (Å²) in [6.07, 6.45) is 10.6. The zero-order valence-electron chi connectivity index (χ0n) is 11.6. The predicted molar refractivity (Wildman–Crippen MR) is 81.7 cm³/mol. The molecular formula is C16H12N6. The zero-order valence-corrected chi connectivity index (χ0v) is 11.6. The molecule has 3 heterocycles. The molecule has 4 aromatic rings. The van der Waals surface area contributed by atoms with Crippen LogP contribution in [0.3, 0.4) is 0 Å². The molecule has 0 fully saturated rings. The maximum absolute atomic E-state index is 4.45. The molecule has 0 spiro atoms. The van der Waals surface area contributed by atoms with Gasteiger partial charge in [-0.25, -0.2) is 4.98 Å². The van der Waals surface area contributed by atoms with Crippen molar-refractivity contribution in [2.24, 2.45) is 0 Å². The molecule has 6 nitrogen and oxygen atoms in total. The number of imidazole rings is 1. The standard InChI is InChI=1S/C16H12N6/c1-4-14(21-11-19-20-12-21)9-15(5-1)22-8-7-18-16(22)13-3-2-6-17-10-13/h1-12H. The van der Waals surface area contributed by atoms with Crippen LogP contribution in [0.25, 0.3) is 22.8 Å². The summed E-state index contributed by atoms with van der Waals surface area (Å²) in [7, 11) is 0. The summed E-state index contributed by atoms with van der Waals surface area (Å²) < 4.78 is 3.90. The van der Waals surface area contributed by atoms with Crippen molar-refractivity contribution >= 4 is 0 Å².